The summed E-state index contributed by atoms with van der Waals surface area (Å²) in [4.78, 5) is 4.66. The molecule has 1 aromatic rings. The van der Waals surface area contributed by atoms with E-state index in [4.69, 9.17) is 4.74 Å². The van der Waals surface area contributed by atoms with Gasteiger partial charge in [0.2, 0.25) is 5.90 Å². The summed E-state index contributed by atoms with van der Waals surface area (Å²) in [6.07, 6.45) is 0. The van der Waals surface area contributed by atoms with Crippen molar-refractivity contribution in [2.75, 3.05) is 6.61 Å². The van der Waals surface area contributed by atoms with E-state index in [1.54, 1.807) is 12.1 Å². The van der Waals surface area contributed by atoms with Gasteiger partial charge in [0.1, 0.15) is 12.4 Å². The van der Waals surface area contributed by atoms with E-state index >= 15 is 0 Å². The second-order valence-electron chi connectivity index (χ2n) is 6.55. The highest BCUT2D eigenvalue weighted by molar-refractivity contribution is 6.92. The Kier molecular flexibility index (Phi) is 4.56. The third-order valence-corrected chi connectivity index (χ3v) is 10.4. The van der Waals surface area contributed by atoms with Crippen LogP contribution >= 0.6 is 0 Å². The summed E-state index contributed by atoms with van der Waals surface area (Å²) in [5.41, 5.74) is 0.672. The van der Waals surface area contributed by atoms with Crippen molar-refractivity contribution in [3.63, 3.8) is 0 Å². The molecular weight excluding hydrogens is 281 g/mol. The molecular formula is C17H26FNOSi. The molecule has 2 rings (SSSR count). The van der Waals surface area contributed by atoms with Crippen LogP contribution in [-0.4, -0.2) is 26.1 Å². The van der Waals surface area contributed by atoms with Gasteiger partial charge in [-0.25, -0.2) is 9.38 Å². The van der Waals surface area contributed by atoms with Crippen LogP contribution in [-0.2, 0) is 4.74 Å². The number of hydrogen-bond acceptors (Lipinski definition) is 2. The summed E-state index contributed by atoms with van der Waals surface area (Å²) in [5, 5.41) is 1.30. The topological polar surface area (TPSA) is 21.6 Å². The Morgan fingerprint density at radius 3 is 2.29 bits per heavy atom. The standard InChI is InChI=1S/C17H26FNOSi/c1-6-21(7-2,8-3)15-10-9-13(18)11-14(15)16-19-17(4,5)12-20-16/h9-11H,6-8,12H2,1-5H3. The molecule has 0 aromatic heterocycles. The summed E-state index contributed by atoms with van der Waals surface area (Å²) < 4.78 is 19.6. The Labute approximate surface area is 128 Å². The Hall–Kier alpha value is -1.16. The van der Waals surface area contributed by atoms with Gasteiger partial charge in [0.25, 0.3) is 0 Å². The van der Waals surface area contributed by atoms with Crippen LogP contribution in [0.25, 0.3) is 0 Å². The van der Waals surface area contributed by atoms with Gasteiger partial charge in [-0.3, -0.25) is 0 Å². The Bertz CT molecular complexity index is 541. The summed E-state index contributed by atoms with van der Waals surface area (Å²) in [5.74, 6) is 0.415. The molecule has 0 unspecified atom stereocenters. The number of aliphatic imine (C=N–C) groups is 1. The second-order valence-corrected chi connectivity index (χ2v) is 11.8. The van der Waals surface area contributed by atoms with Crippen molar-refractivity contribution < 1.29 is 9.13 Å². The van der Waals surface area contributed by atoms with Gasteiger partial charge in [-0.05, 0) is 31.2 Å². The van der Waals surface area contributed by atoms with Crippen LogP contribution < -0.4 is 5.19 Å². The third kappa shape index (κ3) is 3.05. The normalized spacial score (nSPS) is 17.5. The first kappa shape index (κ1) is 16.2. The van der Waals surface area contributed by atoms with E-state index in [1.165, 1.54) is 5.19 Å². The van der Waals surface area contributed by atoms with E-state index in [9.17, 15) is 4.39 Å². The van der Waals surface area contributed by atoms with E-state index in [1.807, 2.05) is 19.9 Å². The lowest BCUT2D eigenvalue weighted by molar-refractivity contribution is 0.279. The van der Waals surface area contributed by atoms with E-state index in [0.717, 1.165) is 23.7 Å². The van der Waals surface area contributed by atoms with Gasteiger partial charge in [-0.1, -0.05) is 45.0 Å². The lowest BCUT2D eigenvalue weighted by Gasteiger charge is -2.30. The molecule has 0 atom stereocenters. The minimum atomic E-state index is -1.60. The van der Waals surface area contributed by atoms with E-state index in [0.29, 0.717) is 12.5 Å². The molecule has 0 N–H and O–H groups in total. The molecule has 0 saturated heterocycles. The molecule has 0 bridgehead atoms. The van der Waals surface area contributed by atoms with Gasteiger partial charge < -0.3 is 4.74 Å². The van der Waals surface area contributed by atoms with Crippen LogP contribution in [0.3, 0.4) is 0 Å². The quantitative estimate of drug-likeness (QED) is 0.751. The number of ether oxygens (including phenoxy) is 1. The molecule has 1 aliphatic rings. The number of halogens is 1. The molecule has 0 aliphatic carbocycles. The molecule has 116 valence electrons. The minimum absolute atomic E-state index is 0.212. The van der Waals surface area contributed by atoms with Crippen molar-refractivity contribution in [2.24, 2.45) is 4.99 Å². The maximum Gasteiger partial charge on any atom is 0.216 e. The van der Waals surface area contributed by atoms with Crippen molar-refractivity contribution in [1.82, 2.24) is 0 Å². The molecule has 1 aliphatic heterocycles. The summed E-state index contributed by atoms with van der Waals surface area (Å²) in [6.45, 7) is 11.4. The van der Waals surface area contributed by atoms with Gasteiger partial charge in [0.05, 0.1) is 13.6 Å². The van der Waals surface area contributed by atoms with Crippen LogP contribution in [0, 0.1) is 5.82 Å². The minimum Gasteiger partial charge on any atom is -0.475 e. The zero-order valence-electron chi connectivity index (χ0n) is 13.8. The predicted octanol–water partition coefficient (Wildman–Crippen LogP) is 4.10. The van der Waals surface area contributed by atoms with Crippen LogP contribution in [0.2, 0.25) is 18.1 Å². The van der Waals surface area contributed by atoms with Crippen LogP contribution in [0.5, 0.6) is 0 Å². The molecule has 0 saturated carbocycles. The molecule has 0 radical (unpaired) electrons. The smallest absolute Gasteiger partial charge is 0.216 e. The molecule has 21 heavy (non-hydrogen) atoms. The lowest BCUT2D eigenvalue weighted by Crippen LogP contribution is -2.48. The summed E-state index contributed by atoms with van der Waals surface area (Å²) in [7, 11) is -1.60. The fourth-order valence-electron chi connectivity index (χ4n) is 3.20. The van der Waals surface area contributed by atoms with Crippen molar-refractivity contribution in [2.45, 2.75) is 58.3 Å². The van der Waals surface area contributed by atoms with Crippen molar-refractivity contribution in [3.05, 3.63) is 29.6 Å². The van der Waals surface area contributed by atoms with E-state index < -0.39 is 8.07 Å². The van der Waals surface area contributed by atoms with Gasteiger partial charge in [-0.15, -0.1) is 0 Å². The molecule has 2 nitrogen and oxygen atoms in total. The van der Waals surface area contributed by atoms with Crippen LogP contribution in [0.15, 0.2) is 23.2 Å². The SMILES string of the molecule is CC[Si](CC)(CC)c1ccc(F)cc1C1=NC(C)(C)CO1. The fraction of sp³-hybridized carbons (Fsp3) is 0.588. The summed E-state index contributed by atoms with van der Waals surface area (Å²) >= 11 is 0. The van der Waals surface area contributed by atoms with Crippen LogP contribution in [0.1, 0.15) is 40.2 Å². The third-order valence-electron chi connectivity index (χ3n) is 4.78. The highest BCUT2D eigenvalue weighted by Gasteiger charge is 2.35. The first-order valence-corrected chi connectivity index (χ1v) is 10.5. The van der Waals surface area contributed by atoms with Crippen molar-refractivity contribution >= 4 is 19.2 Å². The molecule has 1 aromatic carbocycles. The maximum atomic E-state index is 13.8. The monoisotopic (exact) mass is 307 g/mol. The zero-order valence-corrected chi connectivity index (χ0v) is 14.8. The highest BCUT2D eigenvalue weighted by atomic mass is 28.3. The molecule has 4 heteroatoms. The lowest BCUT2D eigenvalue weighted by atomic mass is 10.1. The zero-order chi connectivity index (χ0) is 15.7. The molecule has 0 fully saturated rings. The summed E-state index contributed by atoms with van der Waals surface area (Å²) in [6, 6.07) is 8.66. The average Bonchev–Trinajstić information content (AvgIpc) is 2.82. The van der Waals surface area contributed by atoms with Gasteiger partial charge in [0.15, 0.2) is 0 Å². The Balaban J connectivity index is 2.58. The predicted molar refractivity (Wildman–Crippen MR) is 89.8 cm³/mol. The fourth-order valence-corrected chi connectivity index (χ4v) is 7.03. The highest BCUT2D eigenvalue weighted by Crippen LogP contribution is 2.26. The Morgan fingerprint density at radius 1 is 1.19 bits per heavy atom. The van der Waals surface area contributed by atoms with Gasteiger partial charge in [-0.2, -0.15) is 0 Å². The number of rotatable bonds is 5. The number of benzene rings is 1. The molecule has 0 spiro atoms. The molecule has 1 heterocycles. The molecule has 0 amide bonds. The number of nitrogens with zero attached hydrogens (tertiary/aromatic N) is 1. The van der Waals surface area contributed by atoms with E-state index in [-0.39, 0.29) is 11.4 Å². The van der Waals surface area contributed by atoms with Crippen molar-refractivity contribution in [1.29, 1.82) is 0 Å². The van der Waals surface area contributed by atoms with Crippen LogP contribution in [0.4, 0.5) is 4.39 Å². The largest absolute Gasteiger partial charge is 0.475 e. The van der Waals surface area contributed by atoms with E-state index in [2.05, 4.69) is 25.8 Å². The first-order valence-electron chi connectivity index (χ1n) is 7.90. The second kappa shape index (κ2) is 5.91. The first-order chi connectivity index (χ1) is 9.87. The van der Waals surface area contributed by atoms with Crippen molar-refractivity contribution in [3.8, 4) is 0 Å². The average molecular weight is 307 g/mol. The van der Waals surface area contributed by atoms with Gasteiger partial charge >= 0.3 is 0 Å². The number of hydrogen-bond donors (Lipinski definition) is 0. The Morgan fingerprint density at radius 2 is 1.81 bits per heavy atom. The van der Waals surface area contributed by atoms with Gasteiger partial charge in [0, 0.05) is 5.56 Å². The maximum absolute atomic E-state index is 13.8.